The van der Waals surface area contributed by atoms with Crippen LogP contribution in [0.15, 0.2) is 36.7 Å². The average Bonchev–Trinajstić information content (AvgIpc) is 2.94. The molecule has 1 amide bonds. The molecule has 0 radical (unpaired) electrons. The summed E-state index contributed by atoms with van der Waals surface area (Å²) < 4.78 is 2.02. The lowest BCUT2D eigenvalue weighted by Gasteiger charge is -2.35. The maximum atomic E-state index is 12.4. The van der Waals surface area contributed by atoms with Gasteiger partial charge in [-0.1, -0.05) is 12.1 Å². The van der Waals surface area contributed by atoms with Gasteiger partial charge in [0.15, 0.2) is 0 Å². The number of carbonyl (C=O) groups is 1. The number of nitrogens with one attached hydrogen (secondary N) is 2. The summed E-state index contributed by atoms with van der Waals surface area (Å²) in [6.07, 6.45) is 3.74. The van der Waals surface area contributed by atoms with Gasteiger partial charge < -0.3 is 15.2 Å². The molecule has 0 aliphatic carbocycles. The number of aryl methyl sites for hydroxylation is 2. The fourth-order valence-electron chi connectivity index (χ4n) is 3.00. The number of benzene rings is 1. The Balaban J connectivity index is 0.00000208. The van der Waals surface area contributed by atoms with Gasteiger partial charge in [-0.3, -0.25) is 9.69 Å². The van der Waals surface area contributed by atoms with Gasteiger partial charge in [0.05, 0.1) is 12.6 Å². The van der Waals surface area contributed by atoms with Crippen molar-refractivity contribution in [2.45, 2.75) is 13.0 Å². The van der Waals surface area contributed by atoms with Gasteiger partial charge in [-0.15, -0.1) is 12.4 Å². The molecule has 1 aliphatic rings. The fraction of sp³-hybridized carbons (Fsp3) is 0.412. The van der Waals surface area contributed by atoms with E-state index in [1.807, 2.05) is 49.0 Å². The van der Waals surface area contributed by atoms with E-state index in [2.05, 4.69) is 20.5 Å². The largest absolute Gasteiger partial charge is 0.337 e. The van der Waals surface area contributed by atoms with E-state index in [0.717, 1.165) is 36.7 Å². The summed E-state index contributed by atoms with van der Waals surface area (Å²) in [7, 11) is 1.99. The molecule has 0 saturated carbocycles. The highest BCUT2D eigenvalue weighted by atomic mass is 35.5. The molecule has 1 atom stereocenters. The normalized spacial score (nSPS) is 18.0. The molecule has 2 N–H and O–H groups in total. The lowest BCUT2D eigenvalue weighted by Crippen LogP contribution is -2.49. The van der Waals surface area contributed by atoms with Crippen molar-refractivity contribution in [1.29, 1.82) is 0 Å². The van der Waals surface area contributed by atoms with Crippen LogP contribution in [0.3, 0.4) is 0 Å². The van der Waals surface area contributed by atoms with Crippen LogP contribution in [0.4, 0.5) is 5.69 Å². The van der Waals surface area contributed by atoms with Crippen molar-refractivity contribution in [3.8, 4) is 0 Å². The van der Waals surface area contributed by atoms with Crippen LogP contribution < -0.4 is 10.6 Å². The zero-order valence-corrected chi connectivity index (χ0v) is 14.8. The van der Waals surface area contributed by atoms with Gasteiger partial charge in [0.25, 0.3) is 0 Å². The van der Waals surface area contributed by atoms with Gasteiger partial charge in [-0.2, -0.15) is 0 Å². The molecule has 24 heavy (non-hydrogen) atoms. The summed E-state index contributed by atoms with van der Waals surface area (Å²) in [5.74, 6) is 0.997. The molecule has 6 nitrogen and oxygen atoms in total. The molecule has 1 aliphatic heterocycles. The Hall–Kier alpha value is -1.89. The minimum Gasteiger partial charge on any atom is -0.337 e. The molecule has 130 valence electrons. The number of rotatable bonds is 4. The minimum absolute atomic E-state index is 0. The molecule has 0 spiro atoms. The molecule has 7 heteroatoms. The standard InChI is InChI=1S/C17H23N5O.ClH/c1-13-4-3-5-14(10-13)20-16(23)12-22-9-6-18-11-15(22)17-19-7-8-21(17)2;/h3-5,7-8,10,15,18H,6,9,11-12H2,1-2H3,(H,20,23);1H. The van der Waals surface area contributed by atoms with Crippen molar-refractivity contribution < 1.29 is 4.79 Å². The number of aromatic nitrogens is 2. The van der Waals surface area contributed by atoms with E-state index in [4.69, 9.17) is 0 Å². The number of halogens is 1. The predicted molar refractivity (Wildman–Crippen MR) is 97.4 cm³/mol. The number of piperazine rings is 1. The molecule has 0 bridgehead atoms. The quantitative estimate of drug-likeness (QED) is 0.882. The van der Waals surface area contributed by atoms with Crippen LogP contribution in [-0.2, 0) is 11.8 Å². The highest BCUT2D eigenvalue weighted by Gasteiger charge is 2.28. The van der Waals surface area contributed by atoms with Crippen LogP contribution in [0.2, 0.25) is 0 Å². The third kappa shape index (κ3) is 4.35. The number of carbonyl (C=O) groups excluding carboxylic acids is 1. The maximum absolute atomic E-state index is 12.4. The van der Waals surface area contributed by atoms with E-state index in [1.165, 1.54) is 0 Å². The summed E-state index contributed by atoms with van der Waals surface area (Å²) in [5.41, 5.74) is 1.98. The molecule has 3 rings (SSSR count). The molecule has 1 unspecified atom stereocenters. The first-order chi connectivity index (χ1) is 11.1. The van der Waals surface area contributed by atoms with Gasteiger partial charge >= 0.3 is 0 Å². The van der Waals surface area contributed by atoms with E-state index in [1.54, 1.807) is 6.20 Å². The first-order valence-corrected chi connectivity index (χ1v) is 7.92. The third-order valence-electron chi connectivity index (χ3n) is 4.16. The SMILES string of the molecule is Cc1cccc(NC(=O)CN2CCNCC2c2nccn2C)c1.Cl. The number of hydrogen-bond acceptors (Lipinski definition) is 4. The van der Waals surface area contributed by atoms with E-state index in [-0.39, 0.29) is 24.4 Å². The number of hydrogen-bond donors (Lipinski definition) is 2. The van der Waals surface area contributed by atoms with Crippen molar-refractivity contribution in [2.24, 2.45) is 7.05 Å². The Morgan fingerprint density at radius 3 is 3.00 bits per heavy atom. The van der Waals surface area contributed by atoms with Crippen LogP contribution in [0.5, 0.6) is 0 Å². The smallest absolute Gasteiger partial charge is 0.238 e. The van der Waals surface area contributed by atoms with Crippen LogP contribution in [0, 0.1) is 6.92 Å². The summed E-state index contributed by atoms with van der Waals surface area (Å²) >= 11 is 0. The predicted octanol–water partition coefficient (Wildman–Crippen LogP) is 1.74. The zero-order chi connectivity index (χ0) is 16.2. The van der Waals surface area contributed by atoms with E-state index < -0.39 is 0 Å². The fourth-order valence-corrected chi connectivity index (χ4v) is 3.00. The second kappa shape index (κ2) is 8.28. The molecular weight excluding hydrogens is 326 g/mol. The molecule has 2 aromatic rings. The lowest BCUT2D eigenvalue weighted by atomic mass is 10.1. The number of imidazole rings is 1. The van der Waals surface area contributed by atoms with Crippen molar-refractivity contribution in [3.63, 3.8) is 0 Å². The number of amides is 1. The minimum atomic E-state index is 0. The Morgan fingerprint density at radius 2 is 2.29 bits per heavy atom. The summed E-state index contributed by atoms with van der Waals surface area (Å²) in [4.78, 5) is 19.0. The van der Waals surface area contributed by atoms with Crippen LogP contribution in [0.25, 0.3) is 0 Å². The molecule has 1 saturated heterocycles. The Bertz CT molecular complexity index is 687. The highest BCUT2D eigenvalue weighted by molar-refractivity contribution is 5.92. The third-order valence-corrected chi connectivity index (χ3v) is 4.16. The summed E-state index contributed by atoms with van der Waals surface area (Å²) in [6, 6.07) is 7.98. The molecule has 2 heterocycles. The topological polar surface area (TPSA) is 62.2 Å². The second-order valence-electron chi connectivity index (χ2n) is 6.00. The number of nitrogens with zero attached hydrogens (tertiary/aromatic N) is 3. The second-order valence-corrected chi connectivity index (χ2v) is 6.00. The van der Waals surface area contributed by atoms with Gasteiger partial charge in [-0.25, -0.2) is 4.98 Å². The molecular formula is C17H24ClN5O. The van der Waals surface area contributed by atoms with Gasteiger partial charge in [0, 0.05) is 44.8 Å². The Labute approximate surface area is 148 Å². The Morgan fingerprint density at radius 1 is 1.46 bits per heavy atom. The van der Waals surface area contributed by atoms with Crippen molar-refractivity contribution in [2.75, 3.05) is 31.5 Å². The van der Waals surface area contributed by atoms with Crippen molar-refractivity contribution in [3.05, 3.63) is 48.0 Å². The van der Waals surface area contributed by atoms with Crippen LogP contribution >= 0.6 is 12.4 Å². The molecule has 1 fully saturated rings. The molecule has 1 aromatic carbocycles. The average molecular weight is 350 g/mol. The van der Waals surface area contributed by atoms with Crippen LogP contribution in [-0.4, -0.2) is 46.5 Å². The van der Waals surface area contributed by atoms with E-state index in [0.29, 0.717) is 6.54 Å². The number of anilines is 1. The van der Waals surface area contributed by atoms with Crippen LogP contribution in [0.1, 0.15) is 17.4 Å². The van der Waals surface area contributed by atoms with Gasteiger partial charge in [-0.05, 0) is 24.6 Å². The van der Waals surface area contributed by atoms with Gasteiger partial charge in [0.2, 0.25) is 5.91 Å². The maximum Gasteiger partial charge on any atom is 0.238 e. The van der Waals surface area contributed by atoms with Crippen molar-refractivity contribution >= 4 is 24.0 Å². The van der Waals surface area contributed by atoms with Crippen molar-refractivity contribution in [1.82, 2.24) is 19.8 Å². The van der Waals surface area contributed by atoms with Gasteiger partial charge in [0.1, 0.15) is 5.82 Å². The first-order valence-electron chi connectivity index (χ1n) is 7.92. The summed E-state index contributed by atoms with van der Waals surface area (Å²) in [5, 5.41) is 6.37. The molecule has 1 aromatic heterocycles. The lowest BCUT2D eigenvalue weighted by molar-refractivity contribution is -0.118. The highest BCUT2D eigenvalue weighted by Crippen LogP contribution is 2.20. The van der Waals surface area contributed by atoms with E-state index >= 15 is 0 Å². The first kappa shape index (κ1) is 18.4. The zero-order valence-electron chi connectivity index (χ0n) is 14.0. The monoisotopic (exact) mass is 349 g/mol. The van der Waals surface area contributed by atoms with E-state index in [9.17, 15) is 4.79 Å². The Kier molecular flexibility index (Phi) is 6.36. The summed E-state index contributed by atoms with van der Waals surface area (Å²) in [6.45, 7) is 4.91.